The van der Waals surface area contributed by atoms with E-state index in [0.29, 0.717) is 6.04 Å². The Morgan fingerprint density at radius 1 is 1.35 bits per heavy atom. The SMILES string of the molecule is Cc1cccc(CN[C@H]2CC(C)(C)Cc3occc32)n1. The van der Waals surface area contributed by atoms with E-state index in [0.717, 1.165) is 36.5 Å². The van der Waals surface area contributed by atoms with Gasteiger partial charge in [-0.25, -0.2) is 0 Å². The van der Waals surface area contributed by atoms with Crippen LogP contribution in [0.3, 0.4) is 0 Å². The molecule has 20 heavy (non-hydrogen) atoms. The van der Waals surface area contributed by atoms with Crippen molar-refractivity contribution in [2.24, 2.45) is 5.41 Å². The minimum Gasteiger partial charge on any atom is -0.469 e. The molecule has 0 aliphatic heterocycles. The molecule has 2 aromatic heterocycles. The third kappa shape index (κ3) is 2.78. The standard InChI is InChI=1S/C17H22N2O/c1-12-5-4-6-13(19-12)11-18-15-9-17(2,3)10-16-14(15)7-8-20-16/h4-8,15,18H,9-11H2,1-3H3/t15-/m0/s1. The number of nitrogens with zero attached hydrogens (tertiary/aromatic N) is 1. The molecule has 1 atom stereocenters. The highest BCUT2D eigenvalue weighted by Crippen LogP contribution is 2.41. The molecular formula is C17H22N2O. The Bertz CT molecular complexity index is 601. The summed E-state index contributed by atoms with van der Waals surface area (Å²) >= 11 is 0. The molecule has 0 radical (unpaired) electrons. The van der Waals surface area contributed by atoms with Gasteiger partial charge in [0.15, 0.2) is 0 Å². The second-order valence-electron chi connectivity index (χ2n) is 6.55. The Balaban J connectivity index is 1.75. The Morgan fingerprint density at radius 3 is 3.00 bits per heavy atom. The monoisotopic (exact) mass is 270 g/mol. The maximum absolute atomic E-state index is 5.64. The molecule has 0 saturated heterocycles. The summed E-state index contributed by atoms with van der Waals surface area (Å²) in [5.74, 6) is 1.14. The summed E-state index contributed by atoms with van der Waals surface area (Å²) in [6, 6.07) is 8.63. The van der Waals surface area contributed by atoms with Crippen LogP contribution in [0.25, 0.3) is 0 Å². The van der Waals surface area contributed by atoms with E-state index in [1.54, 1.807) is 0 Å². The summed E-state index contributed by atoms with van der Waals surface area (Å²) in [6.07, 6.45) is 3.97. The van der Waals surface area contributed by atoms with Crippen molar-refractivity contribution in [1.29, 1.82) is 0 Å². The van der Waals surface area contributed by atoms with Gasteiger partial charge in [-0.15, -0.1) is 0 Å². The Kier molecular flexibility index (Phi) is 3.38. The minimum absolute atomic E-state index is 0.280. The Hall–Kier alpha value is -1.61. The van der Waals surface area contributed by atoms with Crippen LogP contribution in [0.4, 0.5) is 0 Å². The first-order chi connectivity index (χ1) is 9.53. The van der Waals surface area contributed by atoms with Gasteiger partial charge in [-0.1, -0.05) is 19.9 Å². The number of aromatic nitrogens is 1. The van der Waals surface area contributed by atoms with Crippen molar-refractivity contribution in [3.63, 3.8) is 0 Å². The van der Waals surface area contributed by atoms with Gasteiger partial charge in [0, 0.05) is 30.3 Å². The zero-order chi connectivity index (χ0) is 14.2. The van der Waals surface area contributed by atoms with Crippen LogP contribution in [0.1, 0.15) is 49.0 Å². The number of pyridine rings is 1. The van der Waals surface area contributed by atoms with Gasteiger partial charge in [0.25, 0.3) is 0 Å². The molecule has 0 saturated carbocycles. The van der Waals surface area contributed by atoms with E-state index < -0.39 is 0 Å². The average molecular weight is 270 g/mol. The van der Waals surface area contributed by atoms with E-state index in [4.69, 9.17) is 4.42 Å². The first kappa shape index (κ1) is 13.4. The first-order valence-electron chi connectivity index (χ1n) is 7.26. The molecule has 106 valence electrons. The van der Waals surface area contributed by atoms with Crippen molar-refractivity contribution in [2.75, 3.05) is 0 Å². The molecule has 0 spiro atoms. The van der Waals surface area contributed by atoms with Crippen LogP contribution in [0.5, 0.6) is 0 Å². The van der Waals surface area contributed by atoms with Crippen molar-refractivity contribution < 1.29 is 4.42 Å². The largest absolute Gasteiger partial charge is 0.469 e. The van der Waals surface area contributed by atoms with E-state index in [1.807, 2.05) is 19.3 Å². The molecule has 3 nitrogen and oxygen atoms in total. The molecule has 1 aliphatic rings. The summed E-state index contributed by atoms with van der Waals surface area (Å²) < 4.78 is 5.64. The van der Waals surface area contributed by atoms with Crippen molar-refractivity contribution in [3.05, 3.63) is 53.2 Å². The van der Waals surface area contributed by atoms with E-state index in [9.17, 15) is 0 Å². The average Bonchev–Trinajstić information content (AvgIpc) is 2.82. The summed E-state index contributed by atoms with van der Waals surface area (Å²) in [7, 11) is 0. The van der Waals surface area contributed by atoms with Gasteiger partial charge in [-0.2, -0.15) is 0 Å². The van der Waals surface area contributed by atoms with Crippen LogP contribution < -0.4 is 5.32 Å². The zero-order valence-electron chi connectivity index (χ0n) is 12.4. The Morgan fingerprint density at radius 2 is 2.20 bits per heavy atom. The lowest BCUT2D eigenvalue weighted by molar-refractivity contribution is 0.234. The third-order valence-corrected chi connectivity index (χ3v) is 4.03. The van der Waals surface area contributed by atoms with Crippen LogP contribution in [0, 0.1) is 12.3 Å². The lowest BCUT2D eigenvalue weighted by Gasteiger charge is -2.34. The van der Waals surface area contributed by atoms with Crippen molar-refractivity contribution >= 4 is 0 Å². The predicted octanol–water partition coefficient (Wildman–Crippen LogP) is 3.79. The summed E-state index contributed by atoms with van der Waals surface area (Å²) in [6.45, 7) is 7.44. The highest BCUT2D eigenvalue weighted by molar-refractivity contribution is 5.26. The maximum atomic E-state index is 5.64. The molecule has 3 rings (SSSR count). The summed E-state index contributed by atoms with van der Waals surface area (Å²) in [5.41, 5.74) is 3.76. The predicted molar refractivity (Wildman–Crippen MR) is 79.4 cm³/mol. The number of furan rings is 1. The number of aryl methyl sites for hydroxylation is 1. The molecule has 3 heteroatoms. The third-order valence-electron chi connectivity index (χ3n) is 4.03. The smallest absolute Gasteiger partial charge is 0.109 e. The van der Waals surface area contributed by atoms with Crippen molar-refractivity contribution in [1.82, 2.24) is 10.3 Å². The van der Waals surface area contributed by atoms with Crippen LogP contribution in [0.2, 0.25) is 0 Å². The molecule has 2 aromatic rings. The van der Waals surface area contributed by atoms with Gasteiger partial charge in [0.2, 0.25) is 0 Å². The quantitative estimate of drug-likeness (QED) is 0.922. The van der Waals surface area contributed by atoms with E-state index in [1.165, 1.54) is 5.56 Å². The number of rotatable bonds is 3. The Labute approximate surface area is 120 Å². The van der Waals surface area contributed by atoms with E-state index >= 15 is 0 Å². The summed E-state index contributed by atoms with van der Waals surface area (Å²) in [5, 5.41) is 3.64. The van der Waals surface area contributed by atoms with Gasteiger partial charge >= 0.3 is 0 Å². The van der Waals surface area contributed by atoms with Gasteiger partial charge in [0.1, 0.15) is 5.76 Å². The molecule has 0 fully saturated rings. The molecule has 1 N–H and O–H groups in total. The lowest BCUT2D eigenvalue weighted by Crippen LogP contribution is -2.32. The second-order valence-corrected chi connectivity index (χ2v) is 6.55. The number of hydrogen-bond acceptors (Lipinski definition) is 3. The molecule has 0 bridgehead atoms. The van der Waals surface area contributed by atoms with Crippen molar-refractivity contribution in [3.8, 4) is 0 Å². The van der Waals surface area contributed by atoms with Gasteiger partial charge in [-0.05, 0) is 37.0 Å². The molecule has 2 heterocycles. The zero-order valence-corrected chi connectivity index (χ0v) is 12.4. The normalized spacial score (nSPS) is 20.6. The minimum atomic E-state index is 0.280. The molecular weight excluding hydrogens is 248 g/mol. The fraction of sp³-hybridized carbons (Fsp3) is 0.471. The molecule has 0 amide bonds. The number of fused-ring (bicyclic) bond motifs is 1. The van der Waals surface area contributed by atoms with Crippen molar-refractivity contribution in [2.45, 2.75) is 46.2 Å². The van der Waals surface area contributed by atoms with Gasteiger partial charge in [-0.3, -0.25) is 4.98 Å². The number of nitrogens with one attached hydrogen (secondary N) is 1. The first-order valence-corrected chi connectivity index (χ1v) is 7.26. The van der Waals surface area contributed by atoms with E-state index in [-0.39, 0.29) is 5.41 Å². The maximum Gasteiger partial charge on any atom is 0.109 e. The van der Waals surface area contributed by atoms with Crippen LogP contribution in [-0.2, 0) is 13.0 Å². The van der Waals surface area contributed by atoms with Gasteiger partial charge in [0.05, 0.1) is 12.0 Å². The van der Waals surface area contributed by atoms with Crippen LogP contribution in [0.15, 0.2) is 34.9 Å². The van der Waals surface area contributed by atoms with Gasteiger partial charge < -0.3 is 9.73 Å². The van der Waals surface area contributed by atoms with E-state index in [2.05, 4.69) is 42.3 Å². The van der Waals surface area contributed by atoms with Crippen LogP contribution >= 0.6 is 0 Å². The summed E-state index contributed by atoms with van der Waals surface area (Å²) in [4.78, 5) is 4.55. The highest BCUT2D eigenvalue weighted by atomic mass is 16.3. The molecule has 0 aromatic carbocycles. The molecule has 1 aliphatic carbocycles. The fourth-order valence-electron chi connectivity index (χ4n) is 3.08. The number of hydrogen-bond donors (Lipinski definition) is 1. The second kappa shape index (κ2) is 5.06. The van der Waals surface area contributed by atoms with Crippen LogP contribution in [-0.4, -0.2) is 4.98 Å². The highest BCUT2D eigenvalue weighted by Gasteiger charge is 2.33. The molecule has 0 unspecified atom stereocenters. The lowest BCUT2D eigenvalue weighted by atomic mass is 9.75. The topological polar surface area (TPSA) is 38.1 Å². The fourth-order valence-corrected chi connectivity index (χ4v) is 3.08.